The van der Waals surface area contributed by atoms with Crippen LogP contribution in [0.4, 0.5) is 4.39 Å². The van der Waals surface area contributed by atoms with Gasteiger partial charge in [-0.15, -0.1) is 0 Å². The molecule has 0 bridgehead atoms. The van der Waals surface area contributed by atoms with Crippen LogP contribution in [0.5, 0.6) is 0 Å². The van der Waals surface area contributed by atoms with Crippen LogP contribution in [0.15, 0.2) is 12.1 Å². The van der Waals surface area contributed by atoms with Crippen molar-refractivity contribution in [2.75, 3.05) is 0 Å². The van der Waals surface area contributed by atoms with E-state index in [1.807, 2.05) is 27.7 Å². The number of rotatable bonds is 2. The standard InChI is InChI=1S/C14H18BFO4/c1-8-10(7-6-9(11(8)16)12(17)18)15-19-13(2,3)14(4,5)20-15/h6-7H,1-5H3,(H,17,18). The lowest BCUT2D eigenvalue weighted by Crippen LogP contribution is -2.41. The topological polar surface area (TPSA) is 55.8 Å². The molecule has 0 unspecified atom stereocenters. The van der Waals surface area contributed by atoms with Gasteiger partial charge in [0.25, 0.3) is 0 Å². The van der Waals surface area contributed by atoms with Crippen LogP contribution >= 0.6 is 0 Å². The number of hydrogen-bond acceptors (Lipinski definition) is 3. The highest BCUT2D eigenvalue weighted by Gasteiger charge is 2.52. The largest absolute Gasteiger partial charge is 0.495 e. The molecule has 108 valence electrons. The molecule has 4 nitrogen and oxygen atoms in total. The fraction of sp³-hybridized carbons (Fsp3) is 0.500. The Morgan fingerprint density at radius 3 is 2.15 bits per heavy atom. The average molecular weight is 280 g/mol. The quantitative estimate of drug-likeness (QED) is 0.843. The second-order valence-electron chi connectivity index (χ2n) is 6.03. The Labute approximate surface area is 118 Å². The number of carbonyl (C=O) groups is 1. The second kappa shape index (κ2) is 4.57. The zero-order valence-corrected chi connectivity index (χ0v) is 12.3. The predicted molar refractivity (Wildman–Crippen MR) is 73.8 cm³/mol. The first kappa shape index (κ1) is 15.0. The van der Waals surface area contributed by atoms with Gasteiger partial charge < -0.3 is 14.4 Å². The summed E-state index contributed by atoms with van der Waals surface area (Å²) in [5, 5.41) is 8.91. The number of halogens is 1. The summed E-state index contributed by atoms with van der Waals surface area (Å²) in [6.45, 7) is 9.16. The third-order valence-electron chi connectivity index (χ3n) is 4.17. The predicted octanol–water partition coefficient (Wildman–Crippen LogP) is 2.13. The second-order valence-corrected chi connectivity index (χ2v) is 6.03. The first-order valence-corrected chi connectivity index (χ1v) is 6.45. The van der Waals surface area contributed by atoms with E-state index in [4.69, 9.17) is 14.4 Å². The fourth-order valence-electron chi connectivity index (χ4n) is 2.09. The minimum atomic E-state index is -1.29. The zero-order valence-electron chi connectivity index (χ0n) is 12.3. The van der Waals surface area contributed by atoms with E-state index < -0.39 is 30.1 Å². The maximum atomic E-state index is 14.1. The molecule has 1 saturated heterocycles. The molecule has 1 aliphatic heterocycles. The number of carboxylic acids is 1. The molecule has 0 radical (unpaired) electrons. The summed E-state index contributed by atoms with van der Waals surface area (Å²) >= 11 is 0. The van der Waals surface area contributed by atoms with Gasteiger partial charge in [-0.2, -0.15) is 0 Å². The number of aromatic carboxylic acids is 1. The molecule has 1 heterocycles. The summed E-state index contributed by atoms with van der Waals surface area (Å²) in [5.74, 6) is -2.03. The summed E-state index contributed by atoms with van der Waals surface area (Å²) in [4.78, 5) is 10.9. The van der Waals surface area contributed by atoms with Crippen LogP contribution in [0.25, 0.3) is 0 Å². The van der Waals surface area contributed by atoms with Crippen molar-refractivity contribution in [2.45, 2.75) is 45.8 Å². The van der Waals surface area contributed by atoms with E-state index in [2.05, 4.69) is 0 Å². The Balaban J connectivity index is 2.42. The monoisotopic (exact) mass is 280 g/mol. The molecule has 0 saturated carbocycles. The molecule has 1 aliphatic rings. The molecular weight excluding hydrogens is 262 g/mol. The van der Waals surface area contributed by atoms with Crippen LogP contribution in [-0.4, -0.2) is 29.4 Å². The van der Waals surface area contributed by atoms with Gasteiger partial charge in [-0.3, -0.25) is 0 Å². The summed E-state index contributed by atoms with van der Waals surface area (Å²) in [6.07, 6.45) is 0. The Hall–Kier alpha value is -1.40. The van der Waals surface area contributed by atoms with E-state index >= 15 is 0 Å². The van der Waals surface area contributed by atoms with Crippen molar-refractivity contribution in [2.24, 2.45) is 0 Å². The van der Waals surface area contributed by atoms with Crippen LogP contribution < -0.4 is 5.46 Å². The van der Waals surface area contributed by atoms with Crippen molar-refractivity contribution in [3.63, 3.8) is 0 Å². The lowest BCUT2D eigenvalue weighted by Gasteiger charge is -2.32. The Morgan fingerprint density at radius 1 is 1.20 bits per heavy atom. The highest BCUT2D eigenvalue weighted by atomic mass is 19.1. The van der Waals surface area contributed by atoms with Crippen molar-refractivity contribution in [3.05, 3.63) is 29.1 Å². The van der Waals surface area contributed by atoms with Gasteiger partial charge in [0, 0.05) is 0 Å². The third-order valence-corrected chi connectivity index (χ3v) is 4.17. The smallest absolute Gasteiger partial charge is 0.478 e. The summed E-state index contributed by atoms with van der Waals surface area (Å²) in [7, 11) is -0.697. The molecule has 6 heteroatoms. The van der Waals surface area contributed by atoms with Gasteiger partial charge in [0.1, 0.15) is 5.82 Å². The van der Waals surface area contributed by atoms with Crippen LogP contribution in [0.1, 0.15) is 43.6 Å². The molecular formula is C14H18BFO4. The molecule has 1 fully saturated rings. The SMILES string of the molecule is Cc1c(B2OC(C)(C)C(C)(C)O2)ccc(C(=O)O)c1F. The lowest BCUT2D eigenvalue weighted by atomic mass is 9.75. The third kappa shape index (κ3) is 2.23. The molecule has 0 aliphatic carbocycles. The van der Waals surface area contributed by atoms with Gasteiger partial charge in [-0.05, 0) is 51.7 Å². The van der Waals surface area contributed by atoms with E-state index in [0.29, 0.717) is 5.46 Å². The summed E-state index contributed by atoms with van der Waals surface area (Å²) < 4.78 is 25.8. The highest BCUT2D eigenvalue weighted by molar-refractivity contribution is 6.62. The molecule has 1 N–H and O–H groups in total. The molecule has 0 aromatic heterocycles. The van der Waals surface area contributed by atoms with Gasteiger partial charge in [0.15, 0.2) is 0 Å². The lowest BCUT2D eigenvalue weighted by molar-refractivity contribution is 0.00578. The molecule has 1 aromatic carbocycles. The highest BCUT2D eigenvalue weighted by Crippen LogP contribution is 2.36. The molecule has 2 rings (SSSR count). The normalized spacial score (nSPS) is 20.2. The Bertz CT molecular complexity index is 553. The molecule has 0 atom stereocenters. The van der Waals surface area contributed by atoms with E-state index in [-0.39, 0.29) is 11.1 Å². The maximum absolute atomic E-state index is 14.1. The average Bonchev–Trinajstić information content (AvgIpc) is 2.51. The summed E-state index contributed by atoms with van der Waals surface area (Å²) in [5.41, 5.74) is -0.629. The number of carboxylic acid groups (broad SMARTS) is 1. The van der Waals surface area contributed by atoms with Gasteiger partial charge >= 0.3 is 13.1 Å². The van der Waals surface area contributed by atoms with Crippen LogP contribution in [0, 0.1) is 12.7 Å². The first-order chi connectivity index (χ1) is 9.07. The van der Waals surface area contributed by atoms with Gasteiger partial charge in [0.2, 0.25) is 0 Å². The minimum Gasteiger partial charge on any atom is -0.478 e. The molecule has 0 amide bonds. The van der Waals surface area contributed by atoms with Crippen molar-refractivity contribution in [3.8, 4) is 0 Å². The van der Waals surface area contributed by atoms with Crippen LogP contribution in [-0.2, 0) is 9.31 Å². The van der Waals surface area contributed by atoms with E-state index in [1.54, 1.807) is 6.07 Å². The summed E-state index contributed by atoms with van der Waals surface area (Å²) in [6, 6.07) is 2.79. The van der Waals surface area contributed by atoms with Crippen molar-refractivity contribution in [1.82, 2.24) is 0 Å². The molecule has 20 heavy (non-hydrogen) atoms. The minimum absolute atomic E-state index is 0.239. The van der Waals surface area contributed by atoms with Gasteiger partial charge in [-0.1, -0.05) is 6.07 Å². The van der Waals surface area contributed by atoms with Crippen molar-refractivity contribution >= 4 is 18.6 Å². The first-order valence-electron chi connectivity index (χ1n) is 6.45. The number of benzene rings is 1. The van der Waals surface area contributed by atoms with Crippen molar-refractivity contribution < 1.29 is 23.6 Å². The fourth-order valence-corrected chi connectivity index (χ4v) is 2.09. The van der Waals surface area contributed by atoms with E-state index in [0.717, 1.165) is 0 Å². The Morgan fingerprint density at radius 2 is 1.70 bits per heavy atom. The van der Waals surface area contributed by atoms with E-state index in [9.17, 15) is 9.18 Å². The van der Waals surface area contributed by atoms with Gasteiger partial charge in [0.05, 0.1) is 16.8 Å². The van der Waals surface area contributed by atoms with Crippen molar-refractivity contribution in [1.29, 1.82) is 0 Å². The molecule has 0 spiro atoms. The van der Waals surface area contributed by atoms with Gasteiger partial charge in [-0.25, -0.2) is 9.18 Å². The number of hydrogen-bond donors (Lipinski definition) is 1. The zero-order chi connectivity index (χ0) is 15.3. The van der Waals surface area contributed by atoms with Crippen LogP contribution in [0.2, 0.25) is 0 Å². The maximum Gasteiger partial charge on any atom is 0.495 e. The van der Waals surface area contributed by atoms with E-state index in [1.165, 1.54) is 13.0 Å². The Kier molecular flexibility index (Phi) is 3.43. The molecule has 1 aromatic rings. The van der Waals surface area contributed by atoms with Crippen LogP contribution in [0.3, 0.4) is 0 Å².